The maximum absolute atomic E-state index is 13.2. The third-order valence-electron chi connectivity index (χ3n) is 6.72. The topological polar surface area (TPSA) is 134 Å². The normalized spacial score (nSPS) is 21.6. The standard InChI is InChI=1S/C24H21N5O6/c1-34-15-5-4-13-11-28(21(31)16(13)8-15)12-24(22(32)26-23(33)27-24)18-7-14-10-25-19(9-17(14)35-18)29-6-2-3-20(29)30/h4-5,7-10H,2-3,6,11-12H2,1H3,(H2,26,27,32,33)/t24-/m0/s1. The van der Waals surface area contributed by atoms with Crippen molar-refractivity contribution in [2.75, 3.05) is 25.1 Å². The Kier molecular flexibility index (Phi) is 4.56. The van der Waals surface area contributed by atoms with Gasteiger partial charge in [0.15, 0.2) is 5.54 Å². The predicted octanol–water partition coefficient (Wildman–Crippen LogP) is 1.65. The number of carbonyl (C=O) groups is 4. The summed E-state index contributed by atoms with van der Waals surface area (Å²) in [5, 5.41) is 5.54. The Bertz CT molecular complexity index is 1430. The number of hydrogen-bond acceptors (Lipinski definition) is 7. The largest absolute Gasteiger partial charge is 0.497 e. The number of ether oxygens (including phenoxy) is 1. The Morgan fingerprint density at radius 3 is 2.74 bits per heavy atom. The van der Waals surface area contributed by atoms with Gasteiger partial charge in [0.1, 0.15) is 22.9 Å². The molecule has 0 spiro atoms. The summed E-state index contributed by atoms with van der Waals surface area (Å²) in [6.07, 6.45) is 2.79. The number of fused-ring (bicyclic) bond motifs is 2. The summed E-state index contributed by atoms with van der Waals surface area (Å²) in [7, 11) is 1.52. The lowest BCUT2D eigenvalue weighted by Crippen LogP contribution is -2.52. The number of benzene rings is 1. The van der Waals surface area contributed by atoms with Crippen molar-refractivity contribution in [3.8, 4) is 5.75 Å². The maximum atomic E-state index is 13.2. The number of anilines is 1. The molecule has 0 unspecified atom stereocenters. The lowest BCUT2D eigenvalue weighted by atomic mass is 9.95. The summed E-state index contributed by atoms with van der Waals surface area (Å²) < 4.78 is 11.3. The minimum Gasteiger partial charge on any atom is -0.497 e. The van der Waals surface area contributed by atoms with Crippen LogP contribution in [0.25, 0.3) is 11.0 Å². The van der Waals surface area contributed by atoms with Crippen molar-refractivity contribution < 1.29 is 28.3 Å². The van der Waals surface area contributed by atoms with E-state index in [2.05, 4.69) is 15.6 Å². The third-order valence-corrected chi connectivity index (χ3v) is 6.72. The fraction of sp³-hybridized carbons (Fsp3) is 0.292. The Hall–Kier alpha value is -4.41. The molecule has 11 nitrogen and oxygen atoms in total. The molecule has 3 aliphatic heterocycles. The minimum atomic E-state index is -1.62. The van der Waals surface area contributed by atoms with Crippen molar-refractivity contribution in [1.29, 1.82) is 0 Å². The second kappa shape index (κ2) is 7.55. The molecule has 0 saturated carbocycles. The van der Waals surface area contributed by atoms with Crippen LogP contribution in [0, 0.1) is 0 Å². The molecule has 2 N–H and O–H groups in total. The predicted molar refractivity (Wildman–Crippen MR) is 122 cm³/mol. The van der Waals surface area contributed by atoms with Crippen molar-refractivity contribution in [2.45, 2.75) is 24.9 Å². The van der Waals surface area contributed by atoms with Gasteiger partial charge in [-0.1, -0.05) is 6.07 Å². The zero-order chi connectivity index (χ0) is 24.3. The molecule has 2 saturated heterocycles. The van der Waals surface area contributed by atoms with Crippen LogP contribution in [0.5, 0.6) is 5.75 Å². The third kappa shape index (κ3) is 3.22. The molecule has 0 aliphatic carbocycles. The van der Waals surface area contributed by atoms with Gasteiger partial charge in [0.05, 0.1) is 13.7 Å². The summed E-state index contributed by atoms with van der Waals surface area (Å²) in [4.78, 5) is 58.1. The first kappa shape index (κ1) is 21.1. The van der Waals surface area contributed by atoms with Crippen LogP contribution in [0.4, 0.5) is 10.6 Å². The van der Waals surface area contributed by atoms with E-state index in [0.29, 0.717) is 41.1 Å². The molecule has 3 aromatic rings. The molecule has 6 rings (SSSR count). The number of nitrogens with one attached hydrogen (secondary N) is 2. The average Bonchev–Trinajstić information content (AvgIpc) is 3.60. The number of amides is 5. The van der Waals surface area contributed by atoms with Crippen LogP contribution in [0.15, 0.2) is 40.9 Å². The Morgan fingerprint density at radius 2 is 2.03 bits per heavy atom. The number of pyridine rings is 1. The lowest BCUT2D eigenvalue weighted by molar-refractivity contribution is -0.125. The lowest BCUT2D eigenvalue weighted by Gasteiger charge is -2.29. The van der Waals surface area contributed by atoms with E-state index in [1.54, 1.807) is 41.4 Å². The van der Waals surface area contributed by atoms with Gasteiger partial charge in [0, 0.05) is 42.7 Å². The van der Waals surface area contributed by atoms with Gasteiger partial charge in [-0.2, -0.15) is 0 Å². The molecule has 178 valence electrons. The van der Waals surface area contributed by atoms with E-state index in [0.717, 1.165) is 12.0 Å². The van der Waals surface area contributed by atoms with Crippen molar-refractivity contribution in [2.24, 2.45) is 0 Å². The summed E-state index contributed by atoms with van der Waals surface area (Å²) in [5.41, 5.74) is 0.0720. The second-order valence-electron chi connectivity index (χ2n) is 8.84. The molecule has 5 heterocycles. The highest BCUT2D eigenvalue weighted by atomic mass is 16.5. The van der Waals surface area contributed by atoms with Crippen LogP contribution < -0.4 is 20.3 Å². The molecule has 0 bridgehead atoms. The Labute approximate surface area is 199 Å². The highest BCUT2D eigenvalue weighted by Gasteiger charge is 2.53. The molecule has 35 heavy (non-hydrogen) atoms. The Morgan fingerprint density at radius 1 is 1.17 bits per heavy atom. The molecule has 0 radical (unpaired) electrons. The van der Waals surface area contributed by atoms with Gasteiger partial charge in [-0.15, -0.1) is 0 Å². The summed E-state index contributed by atoms with van der Waals surface area (Å²) in [6, 6.07) is 7.83. The fourth-order valence-electron chi connectivity index (χ4n) is 4.91. The number of rotatable bonds is 5. The number of furan rings is 1. The SMILES string of the molecule is COc1ccc2c(c1)C(=O)N(C[C@@]1(c3cc4cnc(N5CCCC5=O)cc4o3)NC(=O)NC1=O)C2. The van der Waals surface area contributed by atoms with Crippen LogP contribution in [0.3, 0.4) is 0 Å². The number of methoxy groups -OCH3 is 1. The van der Waals surface area contributed by atoms with E-state index >= 15 is 0 Å². The quantitative estimate of drug-likeness (QED) is 0.536. The number of carbonyl (C=O) groups excluding carboxylic acids is 4. The zero-order valence-electron chi connectivity index (χ0n) is 18.8. The first-order valence-corrected chi connectivity index (χ1v) is 11.2. The van der Waals surface area contributed by atoms with Crippen molar-refractivity contribution >= 4 is 40.5 Å². The van der Waals surface area contributed by atoms with Gasteiger partial charge in [-0.3, -0.25) is 24.6 Å². The molecule has 3 aliphatic rings. The van der Waals surface area contributed by atoms with E-state index in [1.807, 2.05) is 0 Å². The molecule has 5 amide bonds. The molecular weight excluding hydrogens is 454 g/mol. The second-order valence-corrected chi connectivity index (χ2v) is 8.84. The van der Waals surface area contributed by atoms with Gasteiger partial charge < -0.3 is 19.4 Å². The fourth-order valence-corrected chi connectivity index (χ4v) is 4.91. The van der Waals surface area contributed by atoms with Gasteiger partial charge in [0.25, 0.3) is 11.8 Å². The van der Waals surface area contributed by atoms with E-state index < -0.39 is 17.5 Å². The van der Waals surface area contributed by atoms with Crippen LogP contribution >= 0.6 is 0 Å². The van der Waals surface area contributed by atoms with Crippen molar-refractivity contribution in [3.05, 3.63) is 53.4 Å². The molecule has 1 aromatic carbocycles. The van der Waals surface area contributed by atoms with Gasteiger partial charge in [-0.25, -0.2) is 9.78 Å². The van der Waals surface area contributed by atoms with Crippen LogP contribution in [0.1, 0.15) is 34.5 Å². The van der Waals surface area contributed by atoms with Crippen molar-refractivity contribution in [3.63, 3.8) is 0 Å². The maximum Gasteiger partial charge on any atom is 0.322 e. The smallest absolute Gasteiger partial charge is 0.322 e. The number of urea groups is 1. The highest BCUT2D eigenvalue weighted by molar-refractivity contribution is 6.08. The van der Waals surface area contributed by atoms with E-state index in [1.165, 1.54) is 12.0 Å². The van der Waals surface area contributed by atoms with Gasteiger partial charge >= 0.3 is 6.03 Å². The van der Waals surface area contributed by atoms with Crippen molar-refractivity contribution in [1.82, 2.24) is 20.5 Å². The number of hydrogen-bond donors (Lipinski definition) is 2. The summed E-state index contributed by atoms with van der Waals surface area (Å²) >= 11 is 0. The average molecular weight is 475 g/mol. The Balaban J connectivity index is 1.37. The molecule has 11 heteroatoms. The van der Waals surface area contributed by atoms with Crippen LogP contribution in [-0.4, -0.2) is 53.8 Å². The molecular formula is C24H21N5O6. The molecule has 2 aromatic heterocycles. The number of imide groups is 1. The number of aromatic nitrogens is 1. The zero-order valence-corrected chi connectivity index (χ0v) is 18.8. The first-order chi connectivity index (χ1) is 16.9. The molecule has 1 atom stereocenters. The number of nitrogens with zero attached hydrogens (tertiary/aromatic N) is 3. The first-order valence-electron chi connectivity index (χ1n) is 11.2. The molecule has 2 fully saturated rings. The van der Waals surface area contributed by atoms with E-state index in [-0.39, 0.29) is 30.7 Å². The monoisotopic (exact) mass is 475 g/mol. The van der Waals surface area contributed by atoms with Gasteiger partial charge in [-0.05, 0) is 30.2 Å². The summed E-state index contributed by atoms with van der Waals surface area (Å²) in [6.45, 7) is 0.715. The summed E-state index contributed by atoms with van der Waals surface area (Å²) in [5.74, 6) is 0.285. The highest BCUT2D eigenvalue weighted by Crippen LogP contribution is 2.35. The van der Waals surface area contributed by atoms with Gasteiger partial charge in [0.2, 0.25) is 5.91 Å². The minimum absolute atomic E-state index is 0.00808. The van der Waals surface area contributed by atoms with Crippen LogP contribution in [-0.2, 0) is 21.7 Å². The van der Waals surface area contributed by atoms with Crippen LogP contribution in [0.2, 0.25) is 0 Å². The van der Waals surface area contributed by atoms with E-state index in [4.69, 9.17) is 9.15 Å². The van der Waals surface area contributed by atoms with E-state index in [9.17, 15) is 19.2 Å².